The smallest absolute Gasteiger partial charge is 0.206 e. The molecule has 0 aromatic heterocycles. The number of hydrogen-bond donors (Lipinski definition) is 1. The molecule has 0 aromatic carbocycles. The second kappa shape index (κ2) is 2.51. The first-order chi connectivity index (χ1) is 5.04. The SMILES string of the molecule is CC1=C(Cl)C(=O)C=C(N)C1=O. The van der Waals surface area contributed by atoms with Gasteiger partial charge in [0.25, 0.3) is 0 Å². The first-order valence-corrected chi connectivity index (χ1v) is 3.34. The van der Waals surface area contributed by atoms with Crippen LogP contribution >= 0.6 is 11.6 Å². The van der Waals surface area contributed by atoms with Crippen molar-refractivity contribution in [1.82, 2.24) is 0 Å². The van der Waals surface area contributed by atoms with E-state index in [1.807, 2.05) is 0 Å². The van der Waals surface area contributed by atoms with Crippen molar-refractivity contribution < 1.29 is 9.59 Å². The van der Waals surface area contributed by atoms with Gasteiger partial charge in [0.05, 0.1) is 10.7 Å². The fraction of sp³-hybridized carbons (Fsp3) is 0.143. The Bertz CT molecular complexity index is 302. The van der Waals surface area contributed by atoms with Crippen LogP contribution in [0.2, 0.25) is 0 Å². The molecule has 1 aliphatic rings. The lowest BCUT2D eigenvalue weighted by Gasteiger charge is -2.07. The summed E-state index contributed by atoms with van der Waals surface area (Å²) in [6.45, 7) is 1.47. The van der Waals surface area contributed by atoms with Crippen LogP contribution in [-0.2, 0) is 9.59 Å². The molecule has 0 saturated heterocycles. The Labute approximate surface area is 68.5 Å². The average Bonchev–Trinajstić information content (AvgIpc) is 1.97. The normalized spacial score (nSPS) is 18.9. The molecule has 0 atom stereocenters. The molecule has 1 rings (SSSR count). The largest absolute Gasteiger partial charge is 0.395 e. The molecule has 0 aromatic rings. The summed E-state index contributed by atoms with van der Waals surface area (Å²) in [5.74, 6) is -0.768. The molecule has 0 fully saturated rings. The van der Waals surface area contributed by atoms with Crippen LogP contribution in [0.15, 0.2) is 22.4 Å². The van der Waals surface area contributed by atoms with Gasteiger partial charge in [-0.05, 0) is 6.92 Å². The Morgan fingerprint density at radius 1 is 1.45 bits per heavy atom. The number of ketones is 2. The Morgan fingerprint density at radius 3 is 2.55 bits per heavy atom. The second-order valence-corrected chi connectivity index (χ2v) is 2.61. The Kier molecular flexibility index (Phi) is 1.83. The first-order valence-electron chi connectivity index (χ1n) is 2.96. The molecule has 0 bridgehead atoms. The van der Waals surface area contributed by atoms with Crippen LogP contribution in [-0.4, -0.2) is 11.6 Å². The maximum atomic E-state index is 11.0. The van der Waals surface area contributed by atoms with Crippen LogP contribution in [0.5, 0.6) is 0 Å². The molecule has 2 N–H and O–H groups in total. The summed E-state index contributed by atoms with van der Waals surface area (Å²) >= 11 is 5.49. The highest BCUT2D eigenvalue weighted by Gasteiger charge is 2.21. The number of nitrogens with two attached hydrogens (primary N) is 1. The molecule has 0 amide bonds. The van der Waals surface area contributed by atoms with Crippen LogP contribution in [0, 0.1) is 0 Å². The van der Waals surface area contributed by atoms with E-state index in [4.69, 9.17) is 17.3 Å². The summed E-state index contributed by atoms with van der Waals surface area (Å²) in [5.41, 5.74) is 5.39. The molecule has 0 aliphatic heterocycles. The van der Waals surface area contributed by atoms with Gasteiger partial charge in [-0.15, -0.1) is 0 Å². The minimum atomic E-state index is -0.402. The van der Waals surface area contributed by atoms with E-state index in [1.165, 1.54) is 6.92 Å². The van der Waals surface area contributed by atoms with E-state index in [0.717, 1.165) is 6.08 Å². The minimum absolute atomic E-state index is 0.0378. The molecular formula is C7H6ClNO2. The van der Waals surface area contributed by atoms with Gasteiger partial charge in [0, 0.05) is 11.6 Å². The number of rotatable bonds is 0. The summed E-state index contributed by atoms with van der Waals surface area (Å²) in [6, 6.07) is 0. The Morgan fingerprint density at radius 2 is 2.00 bits per heavy atom. The maximum absolute atomic E-state index is 11.0. The lowest BCUT2D eigenvalue weighted by atomic mass is 10.0. The molecule has 11 heavy (non-hydrogen) atoms. The standard InChI is InChI=1S/C7H6ClNO2/c1-3-6(8)5(10)2-4(9)7(3)11/h2H,9H2,1H3. The van der Waals surface area contributed by atoms with Crippen molar-refractivity contribution >= 4 is 23.2 Å². The summed E-state index contributed by atoms with van der Waals surface area (Å²) in [5, 5.41) is -0.0378. The van der Waals surface area contributed by atoms with Crippen LogP contribution in [0.3, 0.4) is 0 Å². The lowest BCUT2D eigenvalue weighted by molar-refractivity contribution is -0.115. The van der Waals surface area contributed by atoms with Crippen LogP contribution in [0.4, 0.5) is 0 Å². The Balaban J connectivity index is 3.19. The molecule has 1 aliphatic carbocycles. The molecule has 3 nitrogen and oxygen atoms in total. The van der Waals surface area contributed by atoms with Crippen LogP contribution in [0.25, 0.3) is 0 Å². The second-order valence-electron chi connectivity index (χ2n) is 2.23. The number of hydrogen-bond acceptors (Lipinski definition) is 3. The van der Waals surface area contributed by atoms with E-state index >= 15 is 0 Å². The van der Waals surface area contributed by atoms with Gasteiger partial charge < -0.3 is 5.73 Å². The van der Waals surface area contributed by atoms with E-state index in [9.17, 15) is 9.59 Å². The minimum Gasteiger partial charge on any atom is -0.395 e. The maximum Gasteiger partial charge on any atom is 0.206 e. The fourth-order valence-electron chi connectivity index (χ4n) is 0.771. The predicted molar refractivity (Wildman–Crippen MR) is 40.8 cm³/mol. The van der Waals surface area contributed by atoms with Crippen molar-refractivity contribution in [3.8, 4) is 0 Å². The highest BCUT2D eigenvalue weighted by Crippen LogP contribution is 2.18. The van der Waals surface area contributed by atoms with E-state index in [0.29, 0.717) is 0 Å². The molecule has 0 radical (unpaired) electrons. The van der Waals surface area contributed by atoms with Crippen molar-refractivity contribution in [2.75, 3.05) is 0 Å². The summed E-state index contributed by atoms with van der Waals surface area (Å²) in [7, 11) is 0. The first kappa shape index (κ1) is 8.01. The molecule has 4 heteroatoms. The summed E-state index contributed by atoms with van der Waals surface area (Å²) < 4.78 is 0. The molecule has 0 heterocycles. The van der Waals surface area contributed by atoms with E-state index in [2.05, 4.69) is 0 Å². The van der Waals surface area contributed by atoms with Crippen LogP contribution < -0.4 is 5.73 Å². The predicted octanol–water partition coefficient (Wildman–Crippen LogP) is 0.494. The number of allylic oxidation sites excluding steroid dienone is 3. The van der Waals surface area contributed by atoms with E-state index in [-0.39, 0.29) is 22.1 Å². The van der Waals surface area contributed by atoms with Crippen molar-refractivity contribution in [3.63, 3.8) is 0 Å². The van der Waals surface area contributed by atoms with E-state index in [1.54, 1.807) is 0 Å². The fourth-order valence-corrected chi connectivity index (χ4v) is 0.912. The summed E-state index contributed by atoms with van der Waals surface area (Å²) in [6.07, 6.45) is 1.04. The zero-order chi connectivity index (χ0) is 8.59. The molecule has 0 spiro atoms. The van der Waals surface area contributed by atoms with Gasteiger partial charge in [0.15, 0.2) is 5.78 Å². The van der Waals surface area contributed by atoms with Crippen molar-refractivity contribution in [3.05, 3.63) is 22.4 Å². The van der Waals surface area contributed by atoms with Gasteiger partial charge >= 0.3 is 0 Å². The molecular weight excluding hydrogens is 166 g/mol. The third-order valence-corrected chi connectivity index (χ3v) is 1.90. The van der Waals surface area contributed by atoms with Gasteiger partial charge in [-0.3, -0.25) is 9.59 Å². The topological polar surface area (TPSA) is 60.2 Å². The summed E-state index contributed by atoms with van der Waals surface area (Å²) in [4.78, 5) is 21.9. The zero-order valence-electron chi connectivity index (χ0n) is 5.85. The molecule has 58 valence electrons. The van der Waals surface area contributed by atoms with E-state index < -0.39 is 5.78 Å². The number of carbonyl (C=O) groups is 2. The average molecular weight is 172 g/mol. The number of Topliss-reactive ketones (excluding diaryl/α,β-unsaturated/α-hetero) is 1. The number of halogens is 1. The third-order valence-electron chi connectivity index (χ3n) is 1.43. The quantitative estimate of drug-likeness (QED) is 0.540. The van der Waals surface area contributed by atoms with Crippen molar-refractivity contribution in [1.29, 1.82) is 0 Å². The van der Waals surface area contributed by atoms with Gasteiger partial charge in [0.1, 0.15) is 0 Å². The highest BCUT2D eigenvalue weighted by molar-refractivity contribution is 6.48. The molecule has 0 saturated carbocycles. The lowest BCUT2D eigenvalue weighted by Crippen LogP contribution is -2.20. The van der Waals surface area contributed by atoms with Crippen LogP contribution in [0.1, 0.15) is 6.92 Å². The van der Waals surface area contributed by atoms with Gasteiger partial charge in [-0.1, -0.05) is 11.6 Å². The number of carbonyl (C=O) groups excluding carboxylic acids is 2. The van der Waals surface area contributed by atoms with Gasteiger partial charge in [-0.25, -0.2) is 0 Å². The third kappa shape index (κ3) is 1.19. The van der Waals surface area contributed by atoms with Crippen molar-refractivity contribution in [2.24, 2.45) is 5.73 Å². The van der Waals surface area contributed by atoms with Gasteiger partial charge in [-0.2, -0.15) is 0 Å². The monoisotopic (exact) mass is 171 g/mol. The van der Waals surface area contributed by atoms with Crippen molar-refractivity contribution in [2.45, 2.75) is 6.92 Å². The Hall–Kier alpha value is -1.09. The zero-order valence-corrected chi connectivity index (χ0v) is 6.61. The highest BCUT2D eigenvalue weighted by atomic mass is 35.5. The molecule has 0 unspecified atom stereocenters. The van der Waals surface area contributed by atoms with Gasteiger partial charge in [0.2, 0.25) is 5.78 Å².